The number of amides is 1. The molecule has 110 valence electrons. The fraction of sp³-hybridized carbons (Fsp3) is 0.667. The zero-order chi connectivity index (χ0) is 14.6. The number of nitrogens with two attached hydrogens (primary N) is 1. The van der Waals surface area contributed by atoms with Crippen LogP contribution in [-0.2, 0) is 6.42 Å². The minimum Gasteiger partial charge on any atom is -0.345 e. The number of aromatic nitrogens is 2. The third kappa shape index (κ3) is 3.15. The fourth-order valence-electron chi connectivity index (χ4n) is 2.89. The van der Waals surface area contributed by atoms with Crippen LogP contribution in [0.15, 0.2) is 6.07 Å². The molecular weight excluding hydrogens is 252 g/mol. The lowest BCUT2D eigenvalue weighted by atomic mass is 9.81. The standard InChI is InChI=1S/C15H24N4O/c1-3-13-12(9-11(2)18-19-13)14(20)17-15(10-16)7-5-4-6-8-15/h9H,3-8,10,16H2,1-2H3,(H,17,20). The second kappa shape index (κ2) is 6.31. The molecule has 0 atom stereocenters. The number of rotatable bonds is 4. The Kier molecular flexibility index (Phi) is 4.70. The zero-order valence-corrected chi connectivity index (χ0v) is 12.4. The Morgan fingerprint density at radius 3 is 2.65 bits per heavy atom. The molecule has 0 spiro atoms. The van der Waals surface area contributed by atoms with Gasteiger partial charge in [0, 0.05) is 6.54 Å². The Morgan fingerprint density at radius 2 is 2.05 bits per heavy atom. The Morgan fingerprint density at radius 1 is 1.35 bits per heavy atom. The van der Waals surface area contributed by atoms with E-state index in [1.54, 1.807) is 0 Å². The molecule has 20 heavy (non-hydrogen) atoms. The summed E-state index contributed by atoms with van der Waals surface area (Å²) in [5.41, 5.74) is 7.83. The highest BCUT2D eigenvalue weighted by atomic mass is 16.1. The fourth-order valence-corrected chi connectivity index (χ4v) is 2.89. The van der Waals surface area contributed by atoms with Gasteiger partial charge in [0.15, 0.2) is 0 Å². The second-order valence-corrected chi connectivity index (χ2v) is 5.70. The van der Waals surface area contributed by atoms with Crippen LogP contribution in [0.5, 0.6) is 0 Å². The predicted molar refractivity (Wildman–Crippen MR) is 78.5 cm³/mol. The van der Waals surface area contributed by atoms with Gasteiger partial charge in [-0.1, -0.05) is 26.2 Å². The molecule has 1 heterocycles. The second-order valence-electron chi connectivity index (χ2n) is 5.70. The van der Waals surface area contributed by atoms with Gasteiger partial charge in [-0.05, 0) is 32.3 Å². The first-order valence-corrected chi connectivity index (χ1v) is 7.46. The van der Waals surface area contributed by atoms with Gasteiger partial charge in [0.05, 0.1) is 22.5 Å². The molecule has 0 radical (unpaired) electrons. The van der Waals surface area contributed by atoms with Gasteiger partial charge >= 0.3 is 0 Å². The van der Waals surface area contributed by atoms with E-state index in [1.165, 1.54) is 6.42 Å². The zero-order valence-electron chi connectivity index (χ0n) is 12.4. The van der Waals surface area contributed by atoms with E-state index in [0.717, 1.165) is 37.1 Å². The maximum Gasteiger partial charge on any atom is 0.253 e. The molecule has 0 unspecified atom stereocenters. The third-order valence-corrected chi connectivity index (χ3v) is 4.15. The number of carbonyl (C=O) groups is 1. The molecule has 1 fully saturated rings. The van der Waals surface area contributed by atoms with Gasteiger partial charge in [0.1, 0.15) is 0 Å². The summed E-state index contributed by atoms with van der Waals surface area (Å²) in [5, 5.41) is 11.3. The summed E-state index contributed by atoms with van der Waals surface area (Å²) in [6.07, 6.45) is 6.12. The van der Waals surface area contributed by atoms with Crippen molar-refractivity contribution in [3.63, 3.8) is 0 Å². The van der Waals surface area contributed by atoms with Crippen LogP contribution < -0.4 is 11.1 Å². The van der Waals surface area contributed by atoms with Gasteiger partial charge in [0.2, 0.25) is 0 Å². The molecule has 1 amide bonds. The van der Waals surface area contributed by atoms with Crippen LogP contribution in [-0.4, -0.2) is 28.2 Å². The molecule has 1 aliphatic carbocycles. The van der Waals surface area contributed by atoms with E-state index >= 15 is 0 Å². The van der Waals surface area contributed by atoms with Crippen LogP contribution in [0, 0.1) is 6.92 Å². The van der Waals surface area contributed by atoms with Crippen LogP contribution in [0.4, 0.5) is 0 Å². The smallest absolute Gasteiger partial charge is 0.253 e. The monoisotopic (exact) mass is 276 g/mol. The quantitative estimate of drug-likeness (QED) is 0.877. The van der Waals surface area contributed by atoms with Gasteiger partial charge in [-0.15, -0.1) is 0 Å². The van der Waals surface area contributed by atoms with Crippen LogP contribution in [0.3, 0.4) is 0 Å². The molecule has 0 bridgehead atoms. The highest BCUT2D eigenvalue weighted by Gasteiger charge is 2.32. The van der Waals surface area contributed by atoms with Gasteiger partial charge in [-0.2, -0.15) is 10.2 Å². The summed E-state index contributed by atoms with van der Waals surface area (Å²) in [6, 6.07) is 1.81. The van der Waals surface area contributed by atoms with E-state index in [0.29, 0.717) is 18.5 Å². The normalized spacial score (nSPS) is 17.8. The van der Waals surface area contributed by atoms with Gasteiger partial charge in [-0.3, -0.25) is 4.79 Å². The minimum atomic E-state index is -0.239. The summed E-state index contributed by atoms with van der Waals surface area (Å²) in [7, 11) is 0. The largest absolute Gasteiger partial charge is 0.345 e. The average Bonchev–Trinajstić information content (AvgIpc) is 2.48. The lowest BCUT2D eigenvalue weighted by Crippen LogP contribution is -2.54. The molecule has 5 nitrogen and oxygen atoms in total. The summed E-state index contributed by atoms with van der Waals surface area (Å²) >= 11 is 0. The van der Waals surface area contributed by atoms with E-state index in [1.807, 2.05) is 19.9 Å². The van der Waals surface area contributed by atoms with Crippen LogP contribution in [0.25, 0.3) is 0 Å². The van der Waals surface area contributed by atoms with Crippen molar-refractivity contribution in [1.29, 1.82) is 0 Å². The average molecular weight is 276 g/mol. The van der Waals surface area contributed by atoms with Crippen LogP contribution >= 0.6 is 0 Å². The van der Waals surface area contributed by atoms with Gasteiger partial charge in [-0.25, -0.2) is 0 Å². The Bertz CT molecular complexity index is 481. The van der Waals surface area contributed by atoms with E-state index in [4.69, 9.17) is 5.73 Å². The highest BCUT2D eigenvalue weighted by molar-refractivity contribution is 5.95. The number of carbonyl (C=O) groups excluding carboxylic acids is 1. The minimum absolute atomic E-state index is 0.0628. The molecular formula is C15H24N4O. The molecule has 1 aromatic heterocycles. The van der Waals surface area contributed by atoms with Gasteiger partial charge in [0.25, 0.3) is 5.91 Å². The number of aryl methyl sites for hydroxylation is 2. The van der Waals surface area contributed by atoms with E-state index in [2.05, 4.69) is 15.5 Å². The van der Waals surface area contributed by atoms with Crippen molar-refractivity contribution in [1.82, 2.24) is 15.5 Å². The van der Waals surface area contributed by atoms with Gasteiger partial charge < -0.3 is 11.1 Å². The van der Waals surface area contributed by atoms with Crippen molar-refractivity contribution in [3.8, 4) is 0 Å². The van der Waals surface area contributed by atoms with Crippen molar-refractivity contribution in [2.75, 3.05) is 6.54 Å². The molecule has 2 rings (SSSR count). The topological polar surface area (TPSA) is 80.9 Å². The van der Waals surface area contributed by atoms with Crippen LogP contribution in [0.1, 0.15) is 60.8 Å². The molecule has 5 heteroatoms. The van der Waals surface area contributed by atoms with Crippen molar-refractivity contribution in [2.24, 2.45) is 5.73 Å². The molecule has 0 saturated heterocycles. The van der Waals surface area contributed by atoms with Crippen molar-refractivity contribution < 1.29 is 4.79 Å². The maximum atomic E-state index is 12.6. The lowest BCUT2D eigenvalue weighted by Gasteiger charge is -2.37. The van der Waals surface area contributed by atoms with Crippen molar-refractivity contribution >= 4 is 5.91 Å². The predicted octanol–water partition coefficient (Wildman–Crippen LogP) is 1.74. The molecule has 0 aliphatic heterocycles. The summed E-state index contributed by atoms with van der Waals surface area (Å²) in [5.74, 6) is -0.0628. The Labute approximate surface area is 120 Å². The Hall–Kier alpha value is -1.49. The van der Waals surface area contributed by atoms with E-state index in [9.17, 15) is 4.79 Å². The number of hydrogen-bond acceptors (Lipinski definition) is 4. The van der Waals surface area contributed by atoms with Crippen molar-refractivity contribution in [3.05, 3.63) is 23.0 Å². The number of nitrogens with zero attached hydrogens (tertiary/aromatic N) is 2. The van der Waals surface area contributed by atoms with E-state index < -0.39 is 0 Å². The summed E-state index contributed by atoms with van der Waals surface area (Å²) < 4.78 is 0. The maximum absolute atomic E-state index is 12.6. The molecule has 1 aliphatic rings. The molecule has 1 aromatic rings. The first kappa shape index (κ1) is 14.9. The molecule has 1 saturated carbocycles. The SMILES string of the molecule is CCc1nnc(C)cc1C(=O)NC1(CN)CCCCC1. The lowest BCUT2D eigenvalue weighted by molar-refractivity contribution is 0.0873. The summed E-state index contributed by atoms with van der Waals surface area (Å²) in [6.45, 7) is 4.33. The molecule has 0 aromatic carbocycles. The van der Waals surface area contributed by atoms with Crippen molar-refractivity contribution in [2.45, 2.75) is 57.9 Å². The number of nitrogens with one attached hydrogen (secondary N) is 1. The number of hydrogen-bond donors (Lipinski definition) is 2. The first-order chi connectivity index (χ1) is 9.60. The Balaban J connectivity index is 2.20. The van der Waals surface area contributed by atoms with E-state index in [-0.39, 0.29) is 11.4 Å². The summed E-state index contributed by atoms with van der Waals surface area (Å²) in [4.78, 5) is 12.6. The third-order valence-electron chi connectivity index (χ3n) is 4.15. The molecule has 3 N–H and O–H groups in total. The van der Waals surface area contributed by atoms with Crippen LogP contribution in [0.2, 0.25) is 0 Å². The first-order valence-electron chi connectivity index (χ1n) is 7.46. The highest BCUT2D eigenvalue weighted by Crippen LogP contribution is 2.27.